The Balaban J connectivity index is 1.76. The maximum atomic E-state index is 13.4. The van der Waals surface area contributed by atoms with Crippen molar-refractivity contribution in [1.82, 2.24) is 14.3 Å². The molecule has 0 saturated carbocycles. The van der Waals surface area contributed by atoms with Gasteiger partial charge in [0.2, 0.25) is 0 Å². The lowest BCUT2D eigenvalue weighted by molar-refractivity contribution is 0.102. The summed E-state index contributed by atoms with van der Waals surface area (Å²) in [5, 5.41) is 7.04. The van der Waals surface area contributed by atoms with Crippen molar-refractivity contribution in [2.24, 2.45) is 0 Å². The third-order valence-electron chi connectivity index (χ3n) is 4.32. The average molecular weight is 394 g/mol. The Morgan fingerprint density at radius 1 is 1.03 bits per heavy atom. The molecule has 4 aromatic rings. The number of hydrogen-bond donors (Lipinski definition) is 1. The molecule has 2 aromatic heterocycles. The van der Waals surface area contributed by atoms with Crippen molar-refractivity contribution in [2.75, 3.05) is 12.4 Å². The number of hydrogen-bond acceptors (Lipinski definition) is 3. The summed E-state index contributed by atoms with van der Waals surface area (Å²) < 4.78 is 35.1. The van der Waals surface area contributed by atoms with Crippen LogP contribution < -0.4 is 10.1 Å². The molecule has 0 saturated heterocycles. The number of benzene rings is 2. The summed E-state index contributed by atoms with van der Waals surface area (Å²) in [6, 6.07) is 13.2. The van der Waals surface area contributed by atoms with E-state index in [0.29, 0.717) is 17.2 Å². The van der Waals surface area contributed by atoms with Gasteiger partial charge in [0.05, 0.1) is 24.7 Å². The van der Waals surface area contributed by atoms with E-state index in [1.54, 1.807) is 29.1 Å². The first kappa shape index (κ1) is 18.4. The summed E-state index contributed by atoms with van der Waals surface area (Å²) in [5.41, 5.74) is 1.19. The molecule has 29 heavy (non-hydrogen) atoms. The molecule has 2 heterocycles. The Hall–Kier alpha value is -3.94. The summed E-state index contributed by atoms with van der Waals surface area (Å²) >= 11 is 0. The van der Waals surface area contributed by atoms with E-state index in [9.17, 15) is 13.6 Å². The highest BCUT2D eigenvalue weighted by Crippen LogP contribution is 2.27. The van der Waals surface area contributed by atoms with Crippen LogP contribution in [0.2, 0.25) is 0 Å². The van der Waals surface area contributed by atoms with Gasteiger partial charge in [0.15, 0.2) is 5.82 Å². The predicted molar refractivity (Wildman–Crippen MR) is 104 cm³/mol. The molecule has 0 aliphatic heterocycles. The molecule has 0 aliphatic carbocycles. The van der Waals surface area contributed by atoms with E-state index in [0.717, 1.165) is 0 Å². The van der Waals surface area contributed by atoms with E-state index in [1.165, 1.54) is 48.3 Å². The molecule has 0 spiro atoms. The lowest BCUT2D eigenvalue weighted by Gasteiger charge is -2.12. The van der Waals surface area contributed by atoms with Gasteiger partial charge in [0, 0.05) is 18.5 Å². The largest absolute Gasteiger partial charge is 0.494 e. The number of ether oxygens (including phenoxy) is 1. The fourth-order valence-electron chi connectivity index (χ4n) is 2.96. The summed E-state index contributed by atoms with van der Waals surface area (Å²) in [4.78, 5) is 13.0. The molecule has 0 unspecified atom stereocenters. The summed E-state index contributed by atoms with van der Waals surface area (Å²) in [5.74, 6) is -0.624. The highest BCUT2D eigenvalue weighted by Gasteiger charge is 2.21. The second-order valence-electron chi connectivity index (χ2n) is 6.16. The first-order valence-corrected chi connectivity index (χ1v) is 8.69. The summed E-state index contributed by atoms with van der Waals surface area (Å²) in [6.45, 7) is 0. The molecular formula is C21H16F2N4O2. The number of rotatable bonds is 5. The molecule has 8 heteroatoms. The SMILES string of the molecule is COc1cc(F)ccc1NC(=O)c1cnn(-c2ccc(F)cc2)c1-n1cccc1. The number of halogens is 2. The molecular weight excluding hydrogens is 378 g/mol. The standard InChI is InChI=1S/C21H16F2N4O2/c1-29-19-12-15(23)6-9-18(19)25-20(28)17-13-24-27(16-7-4-14(22)5-8-16)21(17)26-10-2-3-11-26/h2-13H,1H3,(H,25,28). The zero-order valence-corrected chi connectivity index (χ0v) is 15.3. The van der Waals surface area contributed by atoms with Crippen LogP contribution in [0.25, 0.3) is 11.5 Å². The van der Waals surface area contributed by atoms with Crippen molar-refractivity contribution in [2.45, 2.75) is 0 Å². The Morgan fingerprint density at radius 2 is 1.72 bits per heavy atom. The molecule has 0 atom stereocenters. The van der Waals surface area contributed by atoms with Crippen LogP contribution >= 0.6 is 0 Å². The summed E-state index contributed by atoms with van der Waals surface area (Å²) in [7, 11) is 1.39. The molecule has 0 bridgehead atoms. The molecule has 6 nitrogen and oxygen atoms in total. The zero-order valence-electron chi connectivity index (χ0n) is 15.3. The quantitative estimate of drug-likeness (QED) is 0.552. The smallest absolute Gasteiger partial charge is 0.261 e. The van der Waals surface area contributed by atoms with Gasteiger partial charge >= 0.3 is 0 Å². The minimum absolute atomic E-state index is 0.201. The van der Waals surface area contributed by atoms with Crippen LogP contribution in [-0.4, -0.2) is 27.4 Å². The predicted octanol–water partition coefficient (Wildman–Crippen LogP) is 4.20. The molecule has 0 radical (unpaired) electrons. The third kappa shape index (κ3) is 3.60. The Bertz CT molecular complexity index is 1150. The summed E-state index contributed by atoms with van der Waals surface area (Å²) in [6.07, 6.45) is 4.96. The van der Waals surface area contributed by atoms with Crippen LogP contribution in [0.15, 0.2) is 73.2 Å². The van der Waals surface area contributed by atoms with Gasteiger partial charge in [-0.05, 0) is 48.5 Å². The van der Waals surface area contributed by atoms with E-state index in [1.807, 2.05) is 12.1 Å². The van der Waals surface area contributed by atoms with Crippen molar-refractivity contribution < 1.29 is 18.3 Å². The van der Waals surface area contributed by atoms with Gasteiger partial charge in [-0.3, -0.25) is 4.79 Å². The maximum Gasteiger partial charge on any atom is 0.261 e. The van der Waals surface area contributed by atoms with E-state index in [2.05, 4.69) is 10.4 Å². The van der Waals surface area contributed by atoms with Crippen LogP contribution in [0.3, 0.4) is 0 Å². The van der Waals surface area contributed by atoms with Gasteiger partial charge < -0.3 is 14.6 Å². The molecule has 4 rings (SSSR count). The van der Waals surface area contributed by atoms with Gasteiger partial charge in [-0.15, -0.1) is 0 Å². The average Bonchev–Trinajstić information content (AvgIpc) is 3.39. The van der Waals surface area contributed by atoms with Gasteiger partial charge in [0.1, 0.15) is 22.9 Å². The van der Waals surface area contributed by atoms with Gasteiger partial charge in [-0.2, -0.15) is 5.10 Å². The van der Waals surface area contributed by atoms with Gasteiger partial charge in [-0.1, -0.05) is 0 Å². The molecule has 1 amide bonds. The maximum absolute atomic E-state index is 13.4. The van der Waals surface area contributed by atoms with E-state index in [4.69, 9.17) is 4.74 Å². The Morgan fingerprint density at radius 3 is 2.41 bits per heavy atom. The topological polar surface area (TPSA) is 61.1 Å². The van der Waals surface area contributed by atoms with Crippen molar-refractivity contribution >= 4 is 11.6 Å². The Labute approximate surface area is 165 Å². The van der Waals surface area contributed by atoms with Crippen LogP contribution in [0.5, 0.6) is 5.75 Å². The van der Waals surface area contributed by atoms with Crippen molar-refractivity contribution in [1.29, 1.82) is 0 Å². The molecule has 2 aromatic carbocycles. The van der Waals surface area contributed by atoms with Crippen LogP contribution in [0, 0.1) is 11.6 Å². The fraction of sp³-hybridized carbons (Fsp3) is 0.0476. The number of methoxy groups -OCH3 is 1. The minimum atomic E-state index is -0.475. The van der Waals surface area contributed by atoms with Crippen molar-refractivity contribution in [3.8, 4) is 17.3 Å². The van der Waals surface area contributed by atoms with Gasteiger partial charge in [-0.25, -0.2) is 13.5 Å². The van der Waals surface area contributed by atoms with E-state index in [-0.39, 0.29) is 17.1 Å². The minimum Gasteiger partial charge on any atom is -0.494 e. The highest BCUT2D eigenvalue weighted by atomic mass is 19.1. The second kappa shape index (κ2) is 7.59. The number of amides is 1. The third-order valence-corrected chi connectivity index (χ3v) is 4.32. The molecule has 0 aliphatic rings. The van der Waals surface area contributed by atoms with Crippen molar-refractivity contribution in [3.63, 3.8) is 0 Å². The van der Waals surface area contributed by atoms with Crippen LogP contribution in [0.4, 0.5) is 14.5 Å². The number of carbonyl (C=O) groups excluding carboxylic acids is 1. The van der Waals surface area contributed by atoms with Gasteiger partial charge in [0.25, 0.3) is 5.91 Å². The van der Waals surface area contributed by atoms with E-state index >= 15 is 0 Å². The number of nitrogens with zero attached hydrogens (tertiary/aromatic N) is 3. The first-order chi connectivity index (χ1) is 14.1. The lowest BCUT2D eigenvalue weighted by Crippen LogP contribution is -2.16. The lowest BCUT2D eigenvalue weighted by atomic mass is 10.2. The number of aromatic nitrogens is 3. The highest BCUT2D eigenvalue weighted by molar-refractivity contribution is 6.07. The fourth-order valence-corrected chi connectivity index (χ4v) is 2.96. The zero-order chi connectivity index (χ0) is 20.4. The first-order valence-electron chi connectivity index (χ1n) is 8.69. The van der Waals surface area contributed by atoms with Crippen LogP contribution in [0.1, 0.15) is 10.4 Å². The molecule has 0 fully saturated rings. The molecule has 146 valence electrons. The second-order valence-corrected chi connectivity index (χ2v) is 6.16. The Kier molecular flexibility index (Phi) is 4.82. The number of anilines is 1. The monoisotopic (exact) mass is 394 g/mol. The number of carbonyl (C=O) groups is 1. The molecule has 1 N–H and O–H groups in total. The number of nitrogens with one attached hydrogen (secondary N) is 1. The van der Waals surface area contributed by atoms with Crippen LogP contribution in [-0.2, 0) is 0 Å². The van der Waals surface area contributed by atoms with E-state index < -0.39 is 11.7 Å². The normalized spacial score (nSPS) is 10.7. The van der Waals surface area contributed by atoms with Crippen molar-refractivity contribution in [3.05, 3.63) is 90.4 Å².